The molecule has 0 aliphatic heterocycles. The summed E-state index contributed by atoms with van der Waals surface area (Å²) in [6.07, 6.45) is 15.6. The first kappa shape index (κ1) is 21.3. The third kappa shape index (κ3) is 4.78. The van der Waals surface area contributed by atoms with Gasteiger partial charge in [0, 0.05) is 23.2 Å². The molecule has 0 aliphatic carbocycles. The van der Waals surface area contributed by atoms with Crippen molar-refractivity contribution in [1.82, 2.24) is 9.97 Å². The second-order valence-corrected chi connectivity index (χ2v) is 8.43. The lowest BCUT2D eigenvalue weighted by Crippen LogP contribution is -1.95. The van der Waals surface area contributed by atoms with Gasteiger partial charge in [0.2, 0.25) is 0 Å². The number of pyridine rings is 2. The van der Waals surface area contributed by atoms with Crippen LogP contribution in [0.3, 0.4) is 0 Å². The lowest BCUT2D eigenvalue weighted by molar-refractivity contribution is 0.666. The third-order valence-corrected chi connectivity index (χ3v) is 6.38. The summed E-state index contributed by atoms with van der Waals surface area (Å²) in [7, 11) is 0. The van der Waals surface area contributed by atoms with E-state index >= 15 is 0 Å². The molecule has 4 heteroatoms. The normalized spacial score (nSPS) is 11.6. The minimum Gasteiger partial charge on any atom is -0.254 e. The van der Waals surface area contributed by atoms with Crippen molar-refractivity contribution in [1.29, 1.82) is 0 Å². The highest BCUT2D eigenvalue weighted by molar-refractivity contribution is 6.39. The van der Waals surface area contributed by atoms with Gasteiger partial charge < -0.3 is 0 Å². The number of hydrogen-bond donors (Lipinski definition) is 0. The fraction of sp³-hybridized carbons (Fsp3) is 0.500. The Morgan fingerprint density at radius 2 is 1.07 bits per heavy atom. The summed E-state index contributed by atoms with van der Waals surface area (Å²) in [5.41, 5.74) is 3.95. The summed E-state index contributed by atoms with van der Waals surface area (Å²) in [6, 6.07) is 4.11. The number of unbranched alkanes of at least 4 members (excludes halogenated alkanes) is 6. The highest BCUT2D eigenvalue weighted by Crippen LogP contribution is 2.34. The van der Waals surface area contributed by atoms with Crippen LogP contribution in [0, 0.1) is 0 Å². The highest BCUT2D eigenvalue weighted by atomic mass is 35.5. The molecule has 2 nitrogen and oxygen atoms in total. The van der Waals surface area contributed by atoms with Crippen molar-refractivity contribution in [2.75, 3.05) is 0 Å². The number of nitrogens with zero attached hydrogens (tertiary/aromatic N) is 2. The minimum absolute atomic E-state index is 0.810. The molecule has 0 radical (unpaired) electrons. The second kappa shape index (κ2) is 10.4. The summed E-state index contributed by atoms with van der Waals surface area (Å²) in [6.45, 7) is 4.45. The van der Waals surface area contributed by atoms with Crippen molar-refractivity contribution in [3.63, 3.8) is 0 Å². The Balaban J connectivity index is 1.89. The molecule has 0 bridgehead atoms. The second-order valence-electron chi connectivity index (χ2n) is 7.67. The van der Waals surface area contributed by atoms with Crippen LogP contribution in [0.25, 0.3) is 21.8 Å². The molecule has 0 amide bonds. The molecule has 0 saturated heterocycles. The number of fused-ring (bicyclic) bond motifs is 3. The van der Waals surface area contributed by atoms with Gasteiger partial charge in [-0.2, -0.15) is 0 Å². The zero-order valence-electron chi connectivity index (χ0n) is 17.0. The van der Waals surface area contributed by atoms with E-state index < -0.39 is 0 Å². The molecule has 0 fully saturated rings. The molecule has 150 valence electrons. The molecule has 1 aromatic carbocycles. The predicted molar refractivity (Wildman–Crippen MR) is 123 cm³/mol. The number of hydrogen-bond acceptors (Lipinski definition) is 2. The van der Waals surface area contributed by atoms with Gasteiger partial charge in [-0.25, -0.2) is 0 Å². The van der Waals surface area contributed by atoms with Crippen LogP contribution in [0.15, 0.2) is 24.5 Å². The SMILES string of the molecule is CCCCCCc1cnc2c(ccc3c(Cl)c(CCCCCC)cnc32)c1Cl. The number of aromatic nitrogens is 2. The minimum atomic E-state index is 0.810. The molecule has 0 atom stereocenters. The van der Waals surface area contributed by atoms with Crippen molar-refractivity contribution < 1.29 is 0 Å². The molecule has 3 aromatic rings. The number of benzene rings is 1. The van der Waals surface area contributed by atoms with Gasteiger partial charge in [0.05, 0.1) is 21.1 Å². The van der Waals surface area contributed by atoms with E-state index in [1.807, 2.05) is 12.4 Å². The van der Waals surface area contributed by atoms with Crippen LogP contribution in [-0.2, 0) is 12.8 Å². The van der Waals surface area contributed by atoms with Crippen LogP contribution in [0.1, 0.15) is 76.3 Å². The Labute approximate surface area is 178 Å². The molecular formula is C24H30Cl2N2. The van der Waals surface area contributed by atoms with Gasteiger partial charge in [0.25, 0.3) is 0 Å². The van der Waals surface area contributed by atoms with E-state index in [0.29, 0.717) is 0 Å². The van der Waals surface area contributed by atoms with Crippen LogP contribution in [0.4, 0.5) is 0 Å². The van der Waals surface area contributed by atoms with Crippen LogP contribution in [0.2, 0.25) is 10.0 Å². The number of rotatable bonds is 10. The Kier molecular flexibility index (Phi) is 7.93. The van der Waals surface area contributed by atoms with Crippen molar-refractivity contribution >= 4 is 45.0 Å². The molecule has 0 N–H and O–H groups in total. The van der Waals surface area contributed by atoms with E-state index in [9.17, 15) is 0 Å². The number of halogens is 2. The first-order valence-electron chi connectivity index (χ1n) is 10.7. The summed E-state index contributed by atoms with van der Waals surface area (Å²) in [5.74, 6) is 0. The Morgan fingerprint density at radius 1 is 0.643 bits per heavy atom. The summed E-state index contributed by atoms with van der Waals surface area (Å²) in [4.78, 5) is 9.44. The van der Waals surface area contributed by atoms with Gasteiger partial charge in [-0.3, -0.25) is 9.97 Å². The lowest BCUT2D eigenvalue weighted by atomic mass is 10.0. The molecule has 0 spiro atoms. The Hall–Kier alpha value is -1.38. The Bertz CT molecular complexity index is 860. The zero-order chi connectivity index (χ0) is 19.9. The van der Waals surface area contributed by atoms with E-state index in [1.54, 1.807) is 0 Å². The number of aryl methyl sites for hydroxylation is 2. The largest absolute Gasteiger partial charge is 0.254 e. The predicted octanol–water partition coefficient (Wildman–Crippen LogP) is 8.34. The summed E-state index contributed by atoms with van der Waals surface area (Å²) < 4.78 is 0. The molecule has 2 aromatic heterocycles. The molecule has 0 saturated carbocycles. The van der Waals surface area contributed by atoms with Crippen LogP contribution in [0.5, 0.6) is 0 Å². The molecule has 0 aliphatic rings. The summed E-state index contributed by atoms with van der Waals surface area (Å²) >= 11 is 13.4. The van der Waals surface area contributed by atoms with Gasteiger partial charge in [0.15, 0.2) is 0 Å². The summed E-state index contributed by atoms with van der Waals surface area (Å²) in [5, 5.41) is 3.57. The fourth-order valence-electron chi connectivity index (χ4n) is 3.77. The van der Waals surface area contributed by atoms with Crippen molar-refractivity contribution in [2.45, 2.75) is 78.1 Å². The van der Waals surface area contributed by atoms with E-state index in [-0.39, 0.29) is 0 Å². The first-order chi connectivity index (χ1) is 13.7. The van der Waals surface area contributed by atoms with Gasteiger partial charge in [0.1, 0.15) is 0 Å². The van der Waals surface area contributed by atoms with Crippen molar-refractivity contribution in [3.8, 4) is 0 Å². The van der Waals surface area contributed by atoms with Gasteiger partial charge in [-0.05, 0) is 36.8 Å². The molecule has 28 heavy (non-hydrogen) atoms. The van der Waals surface area contributed by atoms with Crippen molar-refractivity contribution in [3.05, 3.63) is 45.7 Å². The molecular weight excluding hydrogens is 387 g/mol. The van der Waals surface area contributed by atoms with Crippen LogP contribution in [-0.4, -0.2) is 9.97 Å². The monoisotopic (exact) mass is 416 g/mol. The van der Waals surface area contributed by atoms with Crippen LogP contribution < -0.4 is 0 Å². The fourth-order valence-corrected chi connectivity index (χ4v) is 4.36. The first-order valence-corrected chi connectivity index (χ1v) is 11.5. The van der Waals surface area contributed by atoms with Gasteiger partial charge in [-0.15, -0.1) is 0 Å². The van der Waals surface area contributed by atoms with Gasteiger partial charge >= 0.3 is 0 Å². The average molecular weight is 417 g/mol. The molecule has 3 rings (SSSR count). The van der Waals surface area contributed by atoms with E-state index in [2.05, 4.69) is 26.0 Å². The standard InChI is InChI=1S/C24H30Cl2N2/c1-3-5-7-9-11-17-15-27-23-19(21(17)25)13-14-20-22(26)18(16-28-24(20)23)12-10-8-6-4-2/h13-16H,3-12H2,1-2H3. The van der Waals surface area contributed by atoms with Crippen LogP contribution >= 0.6 is 23.2 Å². The Morgan fingerprint density at radius 3 is 1.46 bits per heavy atom. The van der Waals surface area contributed by atoms with E-state index in [4.69, 9.17) is 33.2 Å². The molecule has 2 heterocycles. The smallest absolute Gasteiger partial charge is 0.0980 e. The molecule has 0 unspecified atom stereocenters. The zero-order valence-corrected chi connectivity index (χ0v) is 18.5. The van der Waals surface area contributed by atoms with E-state index in [1.165, 1.54) is 38.5 Å². The quantitative estimate of drug-likeness (QED) is 0.245. The van der Waals surface area contributed by atoms with E-state index in [0.717, 1.165) is 68.7 Å². The maximum Gasteiger partial charge on any atom is 0.0980 e. The topological polar surface area (TPSA) is 25.8 Å². The lowest BCUT2D eigenvalue weighted by Gasteiger charge is -2.11. The maximum absolute atomic E-state index is 6.72. The third-order valence-electron chi connectivity index (χ3n) is 5.49. The maximum atomic E-state index is 6.72. The van der Waals surface area contributed by atoms with Gasteiger partial charge in [-0.1, -0.05) is 87.7 Å². The highest BCUT2D eigenvalue weighted by Gasteiger charge is 2.14. The van der Waals surface area contributed by atoms with Crippen molar-refractivity contribution in [2.24, 2.45) is 0 Å². The average Bonchev–Trinajstić information content (AvgIpc) is 2.71.